The molecule has 2 heterocycles. The van der Waals surface area contributed by atoms with E-state index in [1.807, 2.05) is 18.7 Å². The van der Waals surface area contributed by atoms with Gasteiger partial charge in [0, 0.05) is 31.5 Å². The smallest absolute Gasteiger partial charge is 0.257 e. The Labute approximate surface area is 159 Å². The summed E-state index contributed by atoms with van der Waals surface area (Å²) in [5.74, 6) is 3.36. The molecule has 0 atom stereocenters. The molecule has 7 heteroatoms. The molecule has 0 aliphatic carbocycles. The fraction of sp³-hybridized carbons (Fsp3) is 0.550. The highest BCUT2D eigenvalue weighted by Gasteiger charge is 2.27. The van der Waals surface area contributed by atoms with Crippen LogP contribution in [0.2, 0.25) is 0 Å². The van der Waals surface area contributed by atoms with Gasteiger partial charge in [-0.1, -0.05) is 19.0 Å². The number of methoxy groups -OCH3 is 2. The molecule has 27 heavy (non-hydrogen) atoms. The molecule has 2 aromatic rings. The van der Waals surface area contributed by atoms with Crippen molar-refractivity contribution in [3.05, 3.63) is 35.5 Å². The van der Waals surface area contributed by atoms with Crippen molar-refractivity contribution in [3.63, 3.8) is 0 Å². The lowest BCUT2D eigenvalue weighted by Gasteiger charge is -2.31. The number of carbonyl (C=O) groups excluding carboxylic acids is 1. The first-order chi connectivity index (χ1) is 13.0. The molecule has 146 valence electrons. The number of hydrogen-bond donors (Lipinski definition) is 0. The number of piperidine rings is 1. The highest BCUT2D eigenvalue weighted by atomic mass is 16.5. The monoisotopic (exact) mass is 373 g/mol. The van der Waals surface area contributed by atoms with E-state index in [0.29, 0.717) is 42.0 Å². The van der Waals surface area contributed by atoms with Crippen molar-refractivity contribution < 1.29 is 18.8 Å². The topological polar surface area (TPSA) is 77.7 Å². The van der Waals surface area contributed by atoms with Gasteiger partial charge in [-0.15, -0.1) is 0 Å². The number of aromatic nitrogens is 2. The van der Waals surface area contributed by atoms with Gasteiger partial charge < -0.3 is 18.9 Å². The molecule has 1 fully saturated rings. The fourth-order valence-electron chi connectivity index (χ4n) is 3.32. The van der Waals surface area contributed by atoms with Gasteiger partial charge in [0.25, 0.3) is 5.91 Å². The van der Waals surface area contributed by atoms with E-state index in [2.05, 4.69) is 10.1 Å². The summed E-state index contributed by atoms with van der Waals surface area (Å²) in [4.78, 5) is 19.2. The van der Waals surface area contributed by atoms with Crippen LogP contribution >= 0.6 is 0 Å². The minimum Gasteiger partial charge on any atom is -0.497 e. The van der Waals surface area contributed by atoms with E-state index >= 15 is 0 Å². The predicted molar refractivity (Wildman–Crippen MR) is 100 cm³/mol. The van der Waals surface area contributed by atoms with Gasteiger partial charge in [-0.2, -0.15) is 4.98 Å². The van der Waals surface area contributed by atoms with E-state index in [9.17, 15) is 4.79 Å². The summed E-state index contributed by atoms with van der Waals surface area (Å²) < 4.78 is 15.9. The van der Waals surface area contributed by atoms with Crippen LogP contribution in [0.5, 0.6) is 11.5 Å². The van der Waals surface area contributed by atoms with Crippen LogP contribution in [0, 0.1) is 5.92 Å². The SMILES string of the molecule is COc1ccc(C(=O)N2CCC(Cc3nc(C(C)C)no3)CC2)c(OC)c1. The number of nitrogens with zero attached hydrogens (tertiary/aromatic N) is 3. The van der Waals surface area contributed by atoms with Gasteiger partial charge in [0.05, 0.1) is 19.8 Å². The first kappa shape index (κ1) is 19.2. The summed E-state index contributed by atoms with van der Waals surface area (Å²) in [6.45, 7) is 5.52. The number of benzene rings is 1. The largest absolute Gasteiger partial charge is 0.497 e. The Hall–Kier alpha value is -2.57. The van der Waals surface area contributed by atoms with Crippen LogP contribution in [0.25, 0.3) is 0 Å². The number of amides is 1. The molecule has 1 aromatic carbocycles. The van der Waals surface area contributed by atoms with Gasteiger partial charge in [0.15, 0.2) is 5.82 Å². The Kier molecular flexibility index (Phi) is 5.98. The summed E-state index contributed by atoms with van der Waals surface area (Å²) in [5, 5.41) is 4.02. The average Bonchev–Trinajstić information content (AvgIpc) is 3.16. The van der Waals surface area contributed by atoms with E-state index in [1.165, 1.54) is 0 Å². The van der Waals surface area contributed by atoms with Crippen LogP contribution < -0.4 is 9.47 Å². The number of carbonyl (C=O) groups is 1. The lowest BCUT2D eigenvalue weighted by molar-refractivity contribution is 0.0684. The molecular formula is C20H27N3O4. The Balaban J connectivity index is 1.59. The molecule has 0 unspecified atom stereocenters. The fourth-order valence-corrected chi connectivity index (χ4v) is 3.32. The maximum Gasteiger partial charge on any atom is 0.257 e. The molecule has 1 saturated heterocycles. The number of hydrogen-bond acceptors (Lipinski definition) is 6. The van der Waals surface area contributed by atoms with E-state index in [-0.39, 0.29) is 11.8 Å². The van der Waals surface area contributed by atoms with Crippen LogP contribution in [-0.4, -0.2) is 48.3 Å². The first-order valence-corrected chi connectivity index (χ1v) is 9.35. The van der Waals surface area contributed by atoms with Gasteiger partial charge in [0.2, 0.25) is 5.89 Å². The third kappa shape index (κ3) is 4.40. The zero-order chi connectivity index (χ0) is 19.4. The van der Waals surface area contributed by atoms with Crippen LogP contribution in [0.4, 0.5) is 0 Å². The van der Waals surface area contributed by atoms with Crippen molar-refractivity contribution in [2.24, 2.45) is 5.92 Å². The Morgan fingerprint density at radius 3 is 2.59 bits per heavy atom. The van der Waals surface area contributed by atoms with Crippen LogP contribution in [0.1, 0.15) is 54.7 Å². The van der Waals surface area contributed by atoms with Crippen LogP contribution in [0.3, 0.4) is 0 Å². The zero-order valence-electron chi connectivity index (χ0n) is 16.4. The average molecular weight is 373 g/mol. The second-order valence-corrected chi connectivity index (χ2v) is 7.21. The normalized spacial score (nSPS) is 15.2. The number of ether oxygens (including phenoxy) is 2. The Morgan fingerprint density at radius 2 is 2.00 bits per heavy atom. The third-order valence-corrected chi connectivity index (χ3v) is 5.00. The molecule has 1 aromatic heterocycles. The molecule has 0 saturated carbocycles. The second-order valence-electron chi connectivity index (χ2n) is 7.21. The van der Waals surface area contributed by atoms with Gasteiger partial charge >= 0.3 is 0 Å². The minimum absolute atomic E-state index is 0.00663. The highest BCUT2D eigenvalue weighted by molar-refractivity contribution is 5.97. The zero-order valence-corrected chi connectivity index (χ0v) is 16.4. The van der Waals surface area contributed by atoms with Crippen molar-refractivity contribution >= 4 is 5.91 Å². The van der Waals surface area contributed by atoms with Crippen molar-refractivity contribution in [2.45, 2.75) is 39.0 Å². The maximum absolute atomic E-state index is 12.9. The number of rotatable bonds is 6. The molecule has 1 amide bonds. The van der Waals surface area contributed by atoms with Gasteiger partial charge in [-0.05, 0) is 30.9 Å². The molecule has 0 bridgehead atoms. The second kappa shape index (κ2) is 8.41. The predicted octanol–water partition coefficient (Wildman–Crippen LogP) is 3.31. The summed E-state index contributed by atoms with van der Waals surface area (Å²) in [6.07, 6.45) is 2.61. The summed E-state index contributed by atoms with van der Waals surface area (Å²) in [7, 11) is 3.15. The van der Waals surface area contributed by atoms with Crippen molar-refractivity contribution in [1.82, 2.24) is 15.0 Å². The van der Waals surface area contributed by atoms with E-state index < -0.39 is 0 Å². The minimum atomic E-state index is -0.00663. The molecule has 0 N–H and O–H groups in total. The van der Waals surface area contributed by atoms with Crippen LogP contribution in [0.15, 0.2) is 22.7 Å². The standard InChI is InChI=1S/C20H27N3O4/c1-13(2)19-21-18(27-22-19)11-14-7-9-23(10-8-14)20(24)16-6-5-15(25-3)12-17(16)26-4/h5-6,12-14H,7-11H2,1-4H3. The first-order valence-electron chi connectivity index (χ1n) is 9.35. The maximum atomic E-state index is 12.9. The highest BCUT2D eigenvalue weighted by Crippen LogP contribution is 2.28. The lowest BCUT2D eigenvalue weighted by atomic mass is 9.93. The molecular weight excluding hydrogens is 346 g/mol. The quantitative estimate of drug-likeness (QED) is 0.773. The van der Waals surface area contributed by atoms with Gasteiger partial charge in [0.1, 0.15) is 11.5 Å². The van der Waals surface area contributed by atoms with E-state index in [1.54, 1.807) is 32.4 Å². The summed E-state index contributed by atoms with van der Waals surface area (Å²) in [5.41, 5.74) is 0.565. The number of likely N-dealkylation sites (tertiary alicyclic amines) is 1. The molecule has 1 aliphatic heterocycles. The van der Waals surface area contributed by atoms with Gasteiger partial charge in [-0.3, -0.25) is 4.79 Å². The van der Waals surface area contributed by atoms with Crippen molar-refractivity contribution in [3.8, 4) is 11.5 Å². The van der Waals surface area contributed by atoms with Gasteiger partial charge in [-0.25, -0.2) is 0 Å². The van der Waals surface area contributed by atoms with Crippen molar-refractivity contribution in [2.75, 3.05) is 27.3 Å². The Bertz CT molecular complexity index is 779. The summed E-state index contributed by atoms with van der Waals surface area (Å²) in [6, 6.07) is 5.28. The van der Waals surface area contributed by atoms with E-state index in [0.717, 1.165) is 25.1 Å². The van der Waals surface area contributed by atoms with Crippen LogP contribution in [-0.2, 0) is 6.42 Å². The lowest BCUT2D eigenvalue weighted by Crippen LogP contribution is -2.39. The molecule has 1 aliphatic rings. The van der Waals surface area contributed by atoms with Crippen molar-refractivity contribution in [1.29, 1.82) is 0 Å². The Morgan fingerprint density at radius 1 is 1.26 bits per heavy atom. The third-order valence-electron chi connectivity index (χ3n) is 5.00. The molecule has 3 rings (SSSR count). The molecule has 0 radical (unpaired) electrons. The molecule has 7 nitrogen and oxygen atoms in total. The van der Waals surface area contributed by atoms with E-state index in [4.69, 9.17) is 14.0 Å². The molecule has 0 spiro atoms. The summed E-state index contributed by atoms with van der Waals surface area (Å²) >= 11 is 0.